The largest absolute Gasteiger partial charge is 0.394 e. The molecular formula is C11H14ClN5O6S. The number of anilines is 1. The Labute approximate surface area is 141 Å². The number of rotatable bonds is 4. The van der Waals surface area contributed by atoms with Crippen molar-refractivity contribution >= 4 is 38.8 Å². The van der Waals surface area contributed by atoms with Crippen molar-refractivity contribution in [1.82, 2.24) is 19.5 Å². The highest BCUT2D eigenvalue weighted by Gasteiger charge is 2.47. The summed E-state index contributed by atoms with van der Waals surface area (Å²) in [7, 11) is -3.90. The molecule has 24 heavy (non-hydrogen) atoms. The van der Waals surface area contributed by atoms with E-state index in [4.69, 9.17) is 26.3 Å². The lowest BCUT2D eigenvalue weighted by atomic mass is 10.1. The molecule has 0 amide bonds. The van der Waals surface area contributed by atoms with Crippen LogP contribution in [0.15, 0.2) is 6.33 Å². The zero-order valence-corrected chi connectivity index (χ0v) is 13.8. The minimum absolute atomic E-state index is 0.00841. The molecule has 11 nitrogen and oxygen atoms in total. The van der Waals surface area contributed by atoms with Crippen LogP contribution in [0.25, 0.3) is 11.2 Å². The molecule has 1 saturated heterocycles. The van der Waals surface area contributed by atoms with Gasteiger partial charge in [0.1, 0.15) is 17.7 Å². The molecule has 0 spiro atoms. The molecule has 1 fully saturated rings. The van der Waals surface area contributed by atoms with E-state index in [1.54, 1.807) is 0 Å². The summed E-state index contributed by atoms with van der Waals surface area (Å²) in [5.74, 6) is -0.118. The van der Waals surface area contributed by atoms with Gasteiger partial charge < -0.3 is 20.7 Å². The van der Waals surface area contributed by atoms with Gasteiger partial charge in [-0.25, -0.2) is 4.98 Å². The van der Waals surface area contributed by atoms with Crippen molar-refractivity contribution in [3.05, 3.63) is 11.5 Å². The maximum absolute atomic E-state index is 11.5. The molecule has 0 saturated carbocycles. The van der Waals surface area contributed by atoms with Gasteiger partial charge in [0.05, 0.1) is 19.2 Å². The van der Waals surface area contributed by atoms with E-state index in [1.807, 2.05) is 0 Å². The summed E-state index contributed by atoms with van der Waals surface area (Å²) in [5, 5.41) is 19.5. The molecule has 0 bridgehead atoms. The lowest BCUT2D eigenvalue weighted by Gasteiger charge is -2.20. The second kappa shape index (κ2) is 6.06. The molecule has 132 valence electrons. The maximum atomic E-state index is 11.5. The van der Waals surface area contributed by atoms with Gasteiger partial charge in [-0.2, -0.15) is 18.4 Å². The molecule has 2 aromatic rings. The van der Waals surface area contributed by atoms with E-state index in [0.717, 1.165) is 6.26 Å². The molecule has 0 aromatic carbocycles. The predicted molar refractivity (Wildman–Crippen MR) is 81.5 cm³/mol. The van der Waals surface area contributed by atoms with Crippen LogP contribution in [0, 0.1) is 0 Å². The first kappa shape index (κ1) is 17.3. The van der Waals surface area contributed by atoms with Crippen LogP contribution in [-0.4, -0.2) is 69.3 Å². The first-order valence-corrected chi connectivity index (χ1v) is 8.89. The van der Waals surface area contributed by atoms with E-state index >= 15 is 0 Å². The number of fused-ring (bicyclic) bond motifs is 1. The van der Waals surface area contributed by atoms with E-state index in [1.165, 1.54) is 10.9 Å². The summed E-state index contributed by atoms with van der Waals surface area (Å²) in [6.07, 6.45) is -2.76. The molecule has 2 aromatic heterocycles. The third-order valence-electron chi connectivity index (χ3n) is 3.45. The minimum Gasteiger partial charge on any atom is -0.394 e. The van der Waals surface area contributed by atoms with Crippen LogP contribution in [0.3, 0.4) is 0 Å². The summed E-state index contributed by atoms with van der Waals surface area (Å²) >= 11 is 5.95. The van der Waals surface area contributed by atoms with Crippen molar-refractivity contribution in [3.63, 3.8) is 0 Å². The molecule has 0 radical (unpaired) electrons. The smallest absolute Gasteiger partial charge is 0.264 e. The van der Waals surface area contributed by atoms with Crippen molar-refractivity contribution in [2.45, 2.75) is 24.5 Å². The van der Waals surface area contributed by atoms with Crippen LogP contribution in [0.2, 0.25) is 5.15 Å². The fourth-order valence-electron chi connectivity index (χ4n) is 2.48. The van der Waals surface area contributed by atoms with Gasteiger partial charge in [-0.15, -0.1) is 0 Å². The summed E-state index contributed by atoms with van der Waals surface area (Å²) in [6.45, 7) is -0.536. The SMILES string of the molecule is CS(=O)(=O)OC1C(O)C(CO)OC1n1cnc2c(Cl)nc(N)nc21. The number of nitrogens with two attached hydrogens (primary N) is 1. The van der Waals surface area contributed by atoms with Crippen LogP contribution < -0.4 is 5.73 Å². The highest BCUT2D eigenvalue weighted by Crippen LogP contribution is 2.35. The number of ether oxygens (including phenoxy) is 1. The molecule has 1 aliphatic heterocycles. The van der Waals surface area contributed by atoms with E-state index in [-0.39, 0.29) is 22.3 Å². The summed E-state index contributed by atoms with van der Waals surface area (Å²) in [5.41, 5.74) is 5.95. The van der Waals surface area contributed by atoms with Gasteiger partial charge in [-0.1, -0.05) is 11.6 Å². The van der Waals surface area contributed by atoms with E-state index < -0.39 is 41.3 Å². The Morgan fingerprint density at radius 3 is 2.83 bits per heavy atom. The Balaban J connectivity index is 2.09. The quantitative estimate of drug-likeness (QED) is 0.427. The minimum atomic E-state index is -3.90. The van der Waals surface area contributed by atoms with E-state index in [9.17, 15) is 18.6 Å². The Morgan fingerprint density at radius 1 is 1.50 bits per heavy atom. The fraction of sp³-hybridized carbons (Fsp3) is 0.545. The fourth-order valence-corrected chi connectivity index (χ4v) is 3.31. The summed E-state index contributed by atoms with van der Waals surface area (Å²) in [4.78, 5) is 11.8. The number of hydrogen-bond donors (Lipinski definition) is 3. The van der Waals surface area contributed by atoms with Crippen molar-refractivity contribution in [2.75, 3.05) is 18.6 Å². The zero-order chi connectivity index (χ0) is 17.6. The number of aliphatic hydroxyl groups is 2. The van der Waals surface area contributed by atoms with Crippen LogP contribution in [0.1, 0.15) is 6.23 Å². The number of nitrogens with zero attached hydrogens (tertiary/aromatic N) is 4. The van der Waals surface area contributed by atoms with E-state index in [2.05, 4.69) is 15.0 Å². The zero-order valence-electron chi connectivity index (χ0n) is 12.3. The normalized spacial score (nSPS) is 27.8. The molecule has 4 unspecified atom stereocenters. The van der Waals surface area contributed by atoms with Crippen molar-refractivity contribution in [2.24, 2.45) is 0 Å². The Kier molecular flexibility index (Phi) is 4.36. The molecule has 4 N–H and O–H groups in total. The summed E-state index contributed by atoms with van der Waals surface area (Å²) < 4.78 is 34.7. The number of hydrogen-bond acceptors (Lipinski definition) is 10. The van der Waals surface area contributed by atoms with Crippen LogP contribution in [0.4, 0.5) is 5.95 Å². The number of nitrogen functional groups attached to an aromatic ring is 1. The maximum Gasteiger partial charge on any atom is 0.264 e. The van der Waals surface area contributed by atoms with Crippen molar-refractivity contribution in [3.8, 4) is 0 Å². The van der Waals surface area contributed by atoms with Gasteiger partial charge in [-0.05, 0) is 0 Å². The predicted octanol–water partition coefficient (Wildman–Crippen LogP) is -1.34. The van der Waals surface area contributed by atoms with Gasteiger partial charge in [0.25, 0.3) is 10.1 Å². The Morgan fingerprint density at radius 2 is 2.21 bits per heavy atom. The number of imidazole rings is 1. The van der Waals surface area contributed by atoms with Gasteiger partial charge in [0.2, 0.25) is 5.95 Å². The van der Waals surface area contributed by atoms with Gasteiger partial charge in [-0.3, -0.25) is 8.75 Å². The van der Waals surface area contributed by atoms with Crippen LogP contribution >= 0.6 is 11.6 Å². The number of aliphatic hydroxyl groups excluding tert-OH is 2. The third-order valence-corrected chi connectivity index (χ3v) is 4.28. The average Bonchev–Trinajstić information content (AvgIpc) is 3.00. The Hall–Kier alpha value is -1.57. The molecule has 3 heterocycles. The third kappa shape index (κ3) is 3.03. The first-order chi connectivity index (χ1) is 11.2. The topological polar surface area (TPSA) is 163 Å². The first-order valence-electron chi connectivity index (χ1n) is 6.69. The molecule has 3 rings (SSSR count). The number of aromatic nitrogens is 4. The van der Waals surface area contributed by atoms with Crippen molar-refractivity contribution in [1.29, 1.82) is 0 Å². The molecule has 13 heteroatoms. The summed E-state index contributed by atoms with van der Waals surface area (Å²) in [6, 6.07) is 0. The van der Waals surface area contributed by atoms with Gasteiger partial charge in [0, 0.05) is 0 Å². The van der Waals surface area contributed by atoms with Crippen molar-refractivity contribution < 1.29 is 27.6 Å². The molecule has 0 aliphatic carbocycles. The lowest BCUT2D eigenvalue weighted by Crippen LogP contribution is -2.36. The molecular weight excluding hydrogens is 366 g/mol. The lowest BCUT2D eigenvalue weighted by molar-refractivity contribution is -0.0483. The molecule has 1 aliphatic rings. The van der Waals surface area contributed by atoms with Gasteiger partial charge in [0.15, 0.2) is 23.1 Å². The number of halogens is 1. The van der Waals surface area contributed by atoms with Crippen LogP contribution in [-0.2, 0) is 19.0 Å². The Bertz CT molecular complexity index is 873. The second-order valence-corrected chi connectivity index (χ2v) is 7.16. The van der Waals surface area contributed by atoms with Crippen LogP contribution in [0.5, 0.6) is 0 Å². The standard InChI is InChI=1S/C11H14ClN5O6S/c1-24(20,21)23-7-6(19)4(2-18)22-10(7)17-3-14-5-8(12)15-11(13)16-9(5)17/h3-4,6-7,10,18-19H,2H2,1H3,(H2,13,15,16). The van der Waals surface area contributed by atoms with Gasteiger partial charge >= 0.3 is 0 Å². The highest BCUT2D eigenvalue weighted by molar-refractivity contribution is 7.86. The van der Waals surface area contributed by atoms with E-state index in [0.29, 0.717) is 0 Å². The second-order valence-electron chi connectivity index (χ2n) is 5.20. The monoisotopic (exact) mass is 379 g/mol. The average molecular weight is 380 g/mol. The molecule has 4 atom stereocenters. The highest BCUT2D eigenvalue weighted by atomic mass is 35.5.